The Morgan fingerprint density at radius 1 is 1.14 bits per heavy atom. The Bertz CT molecular complexity index is 1140. The molecule has 1 amide bonds. The van der Waals surface area contributed by atoms with Gasteiger partial charge < -0.3 is 11.1 Å². The molecule has 144 valence electrons. The maximum atomic E-state index is 13.5. The van der Waals surface area contributed by atoms with Gasteiger partial charge in [-0.3, -0.25) is 14.5 Å². The van der Waals surface area contributed by atoms with Gasteiger partial charge in [-0.25, -0.2) is 8.78 Å². The quantitative estimate of drug-likeness (QED) is 0.594. The Morgan fingerprint density at radius 3 is 2.24 bits per heavy atom. The first kappa shape index (κ1) is 18.7. The Kier molecular flexibility index (Phi) is 4.17. The molecule has 1 saturated heterocycles. The second kappa shape index (κ2) is 6.46. The SMILES string of the molecule is N#CC1=C(N)N2C(=S)NC(=O)C2(c2ccc(F)cc2)C1C(=O)c1ccc(F)cc1. The smallest absolute Gasteiger partial charge is 0.258 e. The maximum absolute atomic E-state index is 13.5. The number of nitrogens with zero attached hydrogens (tertiary/aromatic N) is 2. The normalized spacial score (nSPS) is 23.1. The third kappa shape index (κ3) is 2.46. The van der Waals surface area contributed by atoms with Crippen LogP contribution in [0.2, 0.25) is 0 Å². The van der Waals surface area contributed by atoms with Crippen molar-refractivity contribution in [3.05, 3.63) is 82.7 Å². The van der Waals surface area contributed by atoms with Crippen molar-refractivity contribution in [1.29, 1.82) is 5.26 Å². The van der Waals surface area contributed by atoms with Crippen LogP contribution in [0.3, 0.4) is 0 Å². The number of thiocarbonyl (C=S) groups is 1. The third-order valence-corrected chi connectivity index (χ3v) is 5.43. The van der Waals surface area contributed by atoms with E-state index in [0.717, 1.165) is 24.3 Å². The first-order valence-electron chi connectivity index (χ1n) is 8.43. The van der Waals surface area contributed by atoms with E-state index in [0.29, 0.717) is 0 Å². The van der Waals surface area contributed by atoms with Gasteiger partial charge in [-0.2, -0.15) is 5.26 Å². The Balaban J connectivity index is 1.99. The molecule has 2 heterocycles. The van der Waals surface area contributed by atoms with Gasteiger partial charge in [0.15, 0.2) is 16.4 Å². The highest BCUT2D eigenvalue weighted by molar-refractivity contribution is 7.80. The summed E-state index contributed by atoms with van der Waals surface area (Å²) in [7, 11) is 0. The molecule has 0 saturated carbocycles. The van der Waals surface area contributed by atoms with Gasteiger partial charge in [0.1, 0.15) is 17.5 Å². The molecule has 0 radical (unpaired) electrons. The first-order valence-corrected chi connectivity index (χ1v) is 8.84. The van der Waals surface area contributed by atoms with Crippen molar-refractivity contribution in [2.24, 2.45) is 11.7 Å². The third-order valence-electron chi connectivity index (χ3n) is 5.14. The predicted octanol–water partition coefficient (Wildman–Crippen LogP) is 2.08. The van der Waals surface area contributed by atoms with E-state index in [1.165, 1.54) is 29.2 Å². The molecule has 0 bridgehead atoms. The van der Waals surface area contributed by atoms with Crippen molar-refractivity contribution in [3.63, 3.8) is 0 Å². The van der Waals surface area contributed by atoms with E-state index in [1.54, 1.807) is 0 Å². The first-order chi connectivity index (χ1) is 13.8. The molecule has 2 aliphatic rings. The topological polar surface area (TPSA) is 99.2 Å². The number of amides is 1. The van der Waals surface area contributed by atoms with E-state index in [9.17, 15) is 23.6 Å². The number of hydrogen-bond donors (Lipinski definition) is 2. The van der Waals surface area contributed by atoms with Crippen LogP contribution in [0.25, 0.3) is 0 Å². The van der Waals surface area contributed by atoms with Crippen molar-refractivity contribution in [2.45, 2.75) is 5.54 Å². The molecule has 2 aromatic carbocycles. The van der Waals surface area contributed by atoms with Gasteiger partial charge in [0.25, 0.3) is 5.91 Å². The summed E-state index contributed by atoms with van der Waals surface area (Å²) in [6.45, 7) is 0. The number of hydrogen-bond acceptors (Lipinski definition) is 5. The van der Waals surface area contributed by atoms with Crippen LogP contribution >= 0.6 is 12.2 Å². The number of Topliss-reactive ketones (excluding diaryl/α,β-unsaturated/α-hetero) is 1. The van der Waals surface area contributed by atoms with Crippen molar-refractivity contribution in [2.75, 3.05) is 0 Å². The summed E-state index contributed by atoms with van der Waals surface area (Å²) >= 11 is 5.22. The number of carbonyl (C=O) groups excluding carboxylic acids is 2. The Morgan fingerprint density at radius 2 is 1.69 bits per heavy atom. The van der Waals surface area contributed by atoms with Gasteiger partial charge in [0.05, 0.1) is 17.6 Å². The fourth-order valence-corrected chi connectivity index (χ4v) is 4.24. The highest BCUT2D eigenvalue weighted by Gasteiger charge is 2.66. The molecule has 2 aliphatic heterocycles. The lowest BCUT2D eigenvalue weighted by atomic mass is 9.72. The average molecular weight is 410 g/mol. The number of nitriles is 1. The highest BCUT2D eigenvalue weighted by Crippen LogP contribution is 2.51. The summed E-state index contributed by atoms with van der Waals surface area (Å²) < 4.78 is 26.9. The molecule has 2 aromatic rings. The minimum Gasteiger partial charge on any atom is -0.384 e. The highest BCUT2D eigenvalue weighted by atomic mass is 32.1. The lowest BCUT2D eigenvalue weighted by Gasteiger charge is -2.35. The van der Waals surface area contributed by atoms with Gasteiger partial charge in [-0.15, -0.1) is 0 Å². The second-order valence-corrected chi connectivity index (χ2v) is 6.97. The monoisotopic (exact) mass is 410 g/mol. The number of nitrogens with one attached hydrogen (secondary N) is 1. The zero-order valence-corrected chi connectivity index (χ0v) is 15.5. The molecule has 29 heavy (non-hydrogen) atoms. The number of benzene rings is 2. The molecular weight excluding hydrogens is 398 g/mol. The number of rotatable bonds is 3. The van der Waals surface area contributed by atoms with E-state index < -0.39 is 34.8 Å². The minimum absolute atomic E-state index is 0.0704. The number of nitrogens with two attached hydrogens (primary N) is 1. The van der Waals surface area contributed by atoms with Crippen LogP contribution < -0.4 is 11.1 Å². The second-order valence-electron chi connectivity index (χ2n) is 6.58. The van der Waals surface area contributed by atoms with Gasteiger partial charge in [0.2, 0.25) is 0 Å². The zero-order chi connectivity index (χ0) is 20.9. The molecule has 0 aliphatic carbocycles. The van der Waals surface area contributed by atoms with Crippen LogP contribution in [0, 0.1) is 28.9 Å². The van der Waals surface area contributed by atoms with Crippen LogP contribution in [0.15, 0.2) is 59.9 Å². The van der Waals surface area contributed by atoms with E-state index >= 15 is 0 Å². The van der Waals surface area contributed by atoms with Gasteiger partial charge >= 0.3 is 0 Å². The molecule has 3 N–H and O–H groups in total. The van der Waals surface area contributed by atoms with Crippen molar-refractivity contribution in [1.82, 2.24) is 10.2 Å². The van der Waals surface area contributed by atoms with Crippen LogP contribution in [0.5, 0.6) is 0 Å². The lowest BCUT2D eigenvalue weighted by molar-refractivity contribution is -0.127. The molecule has 2 unspecified atom stereocenters. The van der Waals surface area contributed by atoms with Gasteiger partial charge in [-0.05, 0) is 54.2 Å². The van der Waals surface area contributed by atoms with E-state index in [2.05, 4.69) is 5.32 Å². The Hall–Kier alpha value is -3.64. The molecule has 1 fully saturated rings. The molecule has 0 aromatic heterocycles. The van der Waals surface area contributed by atoms with E-state index in [4.69, 9.17) is 18.0 Å². The van der Waals surface area contributed by atoms with Crippen molar-refractivity contribution >= 4 is 29.0 Å². The van der Waals surface area contributed by atoms with E-state index in [1.807, 2.05) is 6.07 Å². The minimum atomic E-state index is -1.79. The predicted molar refractivity (Wildman–Crippen MR) is 102 cm³/mol. The number of fused-ring (bicyclic) bond motifs is 1. The molecule has 4 rings (SSSR count). The zero-order valence-electron chi connectivity index (χ0n) is 14.6. The van der Waals surface area contributed by atoms with E-state index in [-0.39, 0.29) is 27.6 Å². The largest absolute Gasteiger partial charge is 0.384 e. The summed E-state index contributed by atoms with van der Waals surface area (Å²) in [4.78, 5) is 27.8. The summed E-state index contributed by atoms with van der Waals surface area (Å²) in [5, 5.41) is 12.1. The summed E-state index contributed by atoms with van der Waals surface area (Å²) in [5.41, 5.74) is 4.53. The van der Waals surface area contributed by atoms with Crippen LogP contribution in [0.1, 0.15) is 15.9 Å². The van der Waals surface area contributed by atoms with Gasteiger partial charge in [0, 0.05) is 5.56 Å². The summed E-state index contributed by atoms with van der Waals surface area (Å²) in [6.07, 6.45) is 0. The number of halogens is 2. The maximum Gasteiger partial charge on any atom is 0.258 e. The standard InChI is InChI=1S/C20H12F2N4O2S/c21-12-5-1-10(2-6-12)16(27)15-14(9-23)17(24)26-19(29)25-18(28)20(15,26)11-3-7-13(22)8-4-11/h1-8,15H,24H2,(H,25,28,29). The van der Waals surface area contributed by atoms with Crippen LogP contribution in [-0.4, -0.2) is 21.7 Å². The number of ketones is 1. The Labute approximate surface area is 169 Å². The number of carbonyl (C=O) groups is 2. The van der Waals surface area contributed by atoms with Gasteiger partial charge in [-0.1, -0.05) is 12.1 Å². The molecule has 6 nitrogen and oxygen atoms in total. The van der Waals surface area contributed by atoms with Crippen molar-refractivity contribution in [3.8, 4) is 6.07 Å². The fourth-order valence-electron chi connectivity index (χ4n) is 3.90. The lowest BCUT2D eigenvalue weighted by Crippen LogP contribution is -2.51. The summed E-state index contributed by atoms with van der Waals surface area (Å²) in [6, 6.07) is 11.6. The molecular formula is C20H12F2N4O2S. The van der Waals surface area contributed by atoms with Crippen LogP contribution in [-0.2, 0) is 10.3 Å². The molecule has 0 spiro atoms. The van der Waals surface area contributed by atoms with Crippen LogP contribution in [0.4, 0.5) is 8.78 Å². The molecule has 9 heteroatoms. The fraction of sp³-hybridized carbons (Fsp3) is 0.100. The summed E-state index contributed by atoms with van der Waals surface area (Å²) in [5.74, 6) is -3.86. The molecule has 2 atom stereocenters. The van der Waals surface area contributed by atoms with Crippen molar-refractivity contribution < 1.29 is 18.4 Å². The average Bonchev–Trinajstić information content (AvgIpc) is 3.12.